The normalized spacial score (nSPS) is 22.9. The Morgan fingerprint density at radius 3 is 2.83 bits per heavy atom. The van der Waals surface area contributed by atoms with Crippen molar-refractivity contribution < 1.29 is 13.2 Å². The van der Waals surface area contributed by atoms with E-state index in [1.54, 1.807) is 13.2 Å². The number of methoxy groups -OCH3 is 1. The summed E-state index contributed by atoms with van der Waals surface area (Å²) in [5.41, 5.74) is 1.08. The molecule has 0 aliphatic carbocycles. The van der Waals surface area contributed by atoms with Crippen molar-refractivity contribution in [1.29, 1.82) is 0 Å². The Balaban J connectivity index is 2.04. The van der Waals surface area contributed by atoms with E-state index < -0.39 is 9.84 Å². The van der Waals surface area contributed by atoms with Gasteiger partial charge in [0.25, 0.3) is 0 Å². The monoisotopic (exact) mass is 267 g/mol. The van der Waals surface area contributed by atoms with Gasteiger partial charge in [0.15, 0.2) is 9.84 Å². The van der Waals surface area contributed by atoms with E-state index >= 15 is 0 Å². The SMILES string of the molecule is COc1cccc(C(C)NC2C=CS(=O)(=O)C2)c1. The Morgan fingerprint density at radius 1 is 1.44 bits per heavy atom. The smallest absolute Gasteiger partial charge is 0.173 e. The molecule has 1 aromatic carbocycles. The first-order valence-corrected chi connectivity index (χ1v) is 7.53. The maximum atomic E-state index is 11.3. The van der Waals surface area contributed by atoms with E-state index in [2.05, 4.69) is 5.32 Å². The highest BCUT2D eigenvalue weighted by atomic mass is 32.2. The minimum absolute atomic E-state index is 0.0723. The molecule has 4 nitrogen and oxygen atoms in total. The van der Waals surface area contributed by atoms with E-state index in [9.17, 15) is 8.42 Å². The lowest BCUT2D eigenvalue weighted by atomic mass is 10.1. The largest absolute Gasteiger partial charge is 0.497 e. The molecule has 2 unspecified atom stereocenters. The van der Waals surface area contributed by atoms with Gasteiger partial charge in [-0.15, -0.1) is 0 Å². The first kappa shape index (κ1) is 13.1. The van der Waals surface area contributed by atoms with Crippen LogP contribution >= 0.6 is 0 Å². The highest BCUT2D eigenvalue weighted by Crippen LogP contribution is 2.20. The Hall–Kier alpha value is -1.33. The zero-order chi connectivity index (χ0) is 13.2. The van der Waals surface area contributed by atoms with E-state index in [4.69, 9.17) is 4.74 Å². The van der Waals surface area contributed by atoms with Crippen molar-refractivity contribution in [3.8, 4) is 5.75 Å². The van der Waals surface area contributed by atoms with Crippen LogP contribution in [-0.4, -0.2) is 27.3 Å². The second-order valence-corrected chi connectivity index (χ2v) is 6.36. The minimum atomic E-state index is -3.00. The van der Waals surface area contributed by atoms with Gasteiger partial charge in [0, 0.05) is 17.5 Å². The lowest BCUT2D eigenvalue weighted by Crippen LogP contribution is -2.32. The van der Waals surface area contributed by atoms with Gasteiger partial charge in [-0.25, -0.2) is 8.42 Å². The molecule has 1 heterocycles. The molecule has 0 amide bonds. The molecule has 0 fully saturated rings. The van der Waals surface area contributed by atoms with E-state index in [-0.39, 0.29) is 17.8 Å². The quantitative estimate of drug-likeness (QED) is 0.901. The minimum Gasteiger partial charge on any atom is -0.497 e. The van der Waals surface area contributed by atoms with Gasteiger partial charge in [0.05, 0.1) is 12.9 Å². The first-order chi connectivity index (χ1) is 8.50. The number of benzene rings is 1. The number of sulfone groups is 1. The van der Waals surface area contributed by atoms with Crippen molar-refractivity contribution in [2.24, 2.45) is 0 Å². The Kier molecular flexibility index (Phi) is 3.73. The summed E-state index contributed by atoms with van der Waals surface area (Å²) >= 11 is 0. The van der Waals surface area contributed by atoms with E-state index in [1.807, 2.05) is 31.2 Å². The Labute approximate surface area is 108 Å². The predicted molar refractivity (Wildman–Crippen MR) is 71.3 cm³/mol. The Bertz CT molecular complexity index is 551. The van der Waals surface area contributed by atoms with Crippen LogP contribution in [0, 0.1) is 0 Å². The van der Waals surface area contributed by atoms with Gasteiger partial charge in [0.2, 0.25) is 0 Å². The molecular formula is C13H17NO3S. The van der Waals surface area contributed by atoms with Crippen LogP contribution in [0.25, 0.3) is 0 Å². The zero-order valence-corrected chi connectivity index (χ0v) is 11.3. The number of hydrogen-bond donors (Lipinski definition) is 1. The summed E-state index contributed by atoms with van der Waals surface area (Å²) in [7, 11) is -1.38. The first-order valence-electron chi connectivity index (χ1n) is 5.81. The molecule has 0 saturated carbocycles. The molecule has 18 heavy (non-hydrogen) atoms. The summed E-state index contributed by atoms with van der Waals surface area (Å²) in [5, 5.41) is 4.56. The average Bonchev–Trinajstić information content (AvgIpc) is 2.68. The molecular weight excluding hydrogens is 250 g/mol. The summed E-state index contributed by atoms with van der Waals surface area (Å²) in [4.78, 5) is 0. The van der Waals surface area contributed by atoms with Crippen LogP contribution in [0.5, 0.6) is 5.75 Å². The van der Waals surface area contributed by atoms with Crippen molar-refractivity contribution in [2.45, 2.75) is 19.0 Å². The Morgan fingerprint density at radius 2 is 2.22 bits per heavy atom. The predicted octanol–water partition coefficient (Wildman–Crippen LogP) is 1.66. The molecule has 1 aliphatic rings. The van der Waals surface area contributed by atoms with Crippen molar-refractivity contribution in [3.63, 3.8) is 0 Å². The summed E-state index contributed by atoms with van der Waals surface area (Å²) in [6.45, 7) is 2.01. The third-order valence-electron chi connectivity index (χ3n) is 2.99. The van der Waals surface area contributed by atoms with Crippen LogP contribution < -0.4 is 10.1 Å². The van der Waals surface area contributed by atoms with Gasteiger partial charge < -0.3 is 10.1 Å². The maximum Gasteiger partial charge on any atom is 0.173 e. The van der Waals surface area contributed by atoms with Crippen LogP contribution in [0.2, 0.25) is 0 Å². The number of rotatable bonds is 4. The fourth-order valence-corrected chi connectivity index (χ4v) is 3.26. The standard InChI is InChI=1S/C13H17NO3S/c1-10(11-4-3-5-13(8-11)17-2)14-12-6-7-18(15,16)9-12/h3-8,10,12,14H,9H2,1-2H3. The summed E-state index contributed by atoms with van der Waals surface area (Å²) in [6.07, 6.45) is 1.70. The van der Waals surface area contributed by atoms with E-state index in [1.165, 1.54) is 5.41 Å². The van der Waals surface area contributed by atoms with Crippen molar-refractivity contribution in [1.82, 2.24) is 5.32 Å². The molecule has 0 radical (unpaired) electrons. The second kappa shape index (κ2) is 5.12. The van der Waals surface area contributed by atoms with Crippen LogP contribution in [0.15, 0.2) is 35.7 Å². The zero-order valence-electron chi connectivity index (χ0n) is 10.5. The fourth-order valence-electron chi connectivity index (χ4n) is 2.01. The van der Waals surface area contributed by atoms with Crippen LogP contribution in [0.1, 0.15) is 18.5 Å². The number of ether oxygens (including phenoxy) is 1. The molecule has 0 bridgehead atoms. The van der Waals surface area contributed by atoms with Crippen LogP contribution in [0.4, 0.5) is 0 Å². The van der Waals surface area contributed by atoms with Crippen molar-refractivity contribution in [2.75, 3.05) is 12.9 Å². The molecule has 2 atom stereocenters. The summed E-state index contributed by atoms with van der Waals surface area (Å²) < 4.78 is 27.8. The van der Waals surface area contributed by atoms with Crippen molar-refractivity contribution in [3.05, 3.63) is 41.3 Å². The highest BCUT2D eigenvalue weighted by Gasteiger charge is 2.23. The van der Waals surface area contributed by atoms with Gasteiger partial charge in [0.1, 0.15) is 5.75 Å². The van der Waals surface area contributed by atoms with Crippen LogP contribution in [-0.2, 0) is 9.84 Å². The average molecular weight is 267 g/mol. The molecule has 0 aromatic heterocycles. The third kappa shape index (κ3) is 3.11. The van der Waals surface area contributed by atoms with Crippen LogP contribution in [0.3, 0.4) is 0 Å². The van der Waals surface area contributed by atoms with E-state index in [0.717, 1.165) is 11.3 Å². The van der Waals surface area contributed by atoms with Gasteiger partial charge in [-0.1, -0.05) is 18.2 Å². The molecule has 2 rings (SSSR count). The van der Waals surface area contributed by atoms with Gasteiger partial charge in [-0.05, 0) is 24.6 Å². The highest BCUT2D eigenvalue weighted by molar-refractivity contribution is 7.94. The van der Waals surface area contributed by atoms with Gasteiger partial charge in [-0.2, -0.15) is 0 Å². The molecule has 5 heteroatoms. The molecule has 1 N–H and O–H groups in total. The maximum absolute atomic E-state index is 11.3. The molecule has 1 aromatic rings. The topological polar surface area (TPSA) is 55.4 Å². The second-order valence-electron chi connectivity index (χ2n) is 4.43. The van der Waals surface area contributed by atoms with Gasteiger partial charge >= 0.3 is 0 Å². The fraction of sp³-hybridized carbons (Fsp3) is 0.385. The van der Waals surface area contributed by atoms with E-state index in [0.29, 0.717) is 0 Å². The number of nitrogens with one attached hydrogen (secondary N) is 1. The summed E-state index contributed by atoms with van der Waals surface area (Å²) in [6, 6.07) is 7.71. The lowest BCUT2D eigenvalue weighted by Gasteiger charge is -2.18. The molecule has 1 aliphatic heterocycles. The number of hydrogen-bond acceptors (Lipinski definition) is 4. The molecule has 0 spiro atoms. The third-order valence-corrected chi connectivity index (χ3v) is 4.38. The summed E-state index contributed by atoms with van der Waals surface area (Å²) in [5.74, 6) is 0.942. The lowest BCUT2D eigenvalue weighted by molar-refractivity contribution is 0.413. The van der Waals surface area contributed by atoms with Crippen molar-refractivity contribution >= 4 is 9.84 Å². The molecule has 0 saturated heterocycles. The molecule has 98 valence electrons. The van der Waals surface area contributed by atoms with Gasteiger partial charge in [-0.3, -0.25) is 0 Å².